The maximum atomic E-state index is 10.1. The molecule has 1 heterocycles. The lowest BCUT2D eigenvalue weighted by Gasteiger charge is -2.24. The molecule has 0 saturated carbocycles. The van der Waals surface area contributed by atoms with E-state index in [0.29, 0.717) is 6.42 Å². The first-order valence-electron chi connectivity index (χ1n) is 6.30. The number of benzene rings is 1. The molecule has 17 heavy (non-hydrogen) atoms. The van der Waals surface area contributed by atoms with E-state index >= 15 is 0 Å². The van der Waals surface area contributed by atoms with E-state index in [1.165, 1.54) is 0 Å². The molecule has 0 aliphatic carbocycles. The van der Waals surface area contributed by atoms with Gasteiger partial charge in [-0.25, -0.2) is 0 Å². The van der Waals surface area contributed by atoms with E-state index in [1.807, 2.05) is 37.3 Å². The molecule has 1 saturated heterocycles. The van der Waals surface area contributed by atoms with E-state index < -0.39 is 6.10 Å². The van der Waals surface area contributed by atoms with Crippen molar-refractivity contribution in [1.82, 2.24) is 0 Å². The average molecular weight is 235 g/mol. The highest BCUT2D eigenvalue weighted by molar-refractivity contribution is 5.16. The first-order valence-corrected chi connectivity index (χ1v) is 6.30. The molecule has 94 valence electrons. The standard InChI is InChI=1S/C14H21NO2/c1-10-7-8-13(17-10)14(16)12(15)9-11-5-3-2-4-6-11/h2-6,10,12-14,16H,7-9,15H2,1H3. The van der Waals surface area contributed by atoms with Crippen molar-refractivity contribution in [3.63, 3.8) is 0 Å². The van der Waals surface area contributed by atoms with Gasteiger partial charge in [0, 0.05) is 6.04 Å². The Bertz CT molecular complexity index is 341. The topological polar surface area (TPSA) is 55.5 Å². The summed E-state index contributed by atoms with van der Waals surface area (Å²) in [6.45, 7) is 2.04. The van der Waals surface area contributed by atoms with Crippen LogP contribution in [0.15, 0.2) is 30.3 Å². The molecule has 0 bridgehead atoms. The molecule has 1 aliphatic heterocycles. The number of hydrogen-bond acceptors (Lipinski definition) is 3. The van der Waals surface area contributed by atoms with Crippen molar-refractivity contribution in [2.24, 2.45) is 5.73 Å². The summed E-state index contributed by atoms with van der Waals surface area (Å²) in [5.74, 6) is 0. The molecule has 0 amide bonds. The van der Waals surface area contributed by atoms with Gasteiger partial charge in [0.25, 0.3) is 0 Å². The van der Waals surface area contributed by atoms with Gasteiger partial charge >= 0.3 is 0 Å². The van der Waals surface area contributed by atoms with Crippen LogP contribution in [0.2, 0.25) is 0 Å². The summed E-state index contributed by atoms with van der Waals surface area (Å²) >= 11 is 0. The smallest absolute Gasteiger partial charge is 0.0955 e. The Hall–Kier alpha value is -0.900. The van der Waals surface area contributed by atoms with Crippen LogP contribution in [0.25, 0.3) is 0 Å². The van der Waals surface area contributed by atoms with E-state index in [0.717, 1.165) is 18.4 Å². The number of aliphatic hydroxyl groups excluding tert-OH is 1. The number of aliphatic hydroxyl groups is 1. The van der Waals surface area contributed by atoms with E-state index in [2.05, 4.69) is 0 Å². The Labute approximate surface area is 103 Å². The van der Waals surface area contributed by atoms with Crippen LogP contribution in [0, 0.1) is 0 Å². The molecule has 3 heteroatoms. The van der Waals surface area contributed by atoms with E-state index in [-0.39, 0.29) is 18.2 Å². The molecule has 3 nitrogen and oxygen atoms in total. The third-order valence-electron chi connectivity index (χ3n) is 3.40. The average Bonchev–Trinajstić information content (AvgIpc) is 2.76. The Morgan fingerprint density at radius 3 is 2.65 bits per heavy atom. The number of hydrogen-bond donors (Lipinski definition) is 2. The van der Waals surface area contributed by atoms with Crippen molar-refractivity contribution in [1.29, 1.82) is 0 Å². The van der Waals surface area contributed by atoms with Crippen LogP contribution in [-0.2, 0) is 11.2 Å². The highest BCUT2D eigenvalue weighted by Crippen LogP contribution is 2.23. The van der Waals surface area contributed by atoms with Gasteiger partial charge in [-0.05, 0) is 31.7 Å². The second-order valence-electron chi connectivity index (χ2n) is 4.91. The molecule has 1 aliphatic rings. The molecular formula is C14H21NO2. The molecule has 1 aromatic carbocycles. The van der Waals surface area contributed by atoms with Crippen molar-refractivity contribution >= 4 is 0 Å². The predicted molar refractivity (Wildman–Crippen MR) is 67.7 cm³/mol. The van der Waals surface area contributed by atoms with Gasteiger partial charge in [-0.1, -0.05) is 30.3 Å². The zero-order valence-corrected chi connectivity index (χ0v) is 10.3. The van der Waals surface area contributed by atoms with Crippen molar-refractivity contribution in [2.75, 3.05) is 0 Å². The van der Waals surface area contributed by atoms with Crippen molar-refractivity contribution in [3.8, 4) is 0 Å². The highest BCUT2D eigenvalue weighted by Gasteiger charge is 2.31. The van der Waals surface area contributed by atoms with Gasteiger partial charge in [-0.15, -0.1) is 0 Å². The van der Waals surface area contributed by atoms with Crippen molar-refractivity contribution in [3.05, 3.63) is 35.9 Å². The molecule has 0 radical (unpaired) electrons. The van der Waals surface area contributed by atoms with E-state index in [1.54, 1.807) is 0 Å². The van der Waals surface area contributed by atoms with Gasteiger partial charge < -0.3 is 15.6 Å². The fourth-order valence-corrected chi connectivity index (χ4v) is 2.37. The lowest BCUT2D eigenvalue weighted by molar-refractivity contribution is -0.0382. The van der Waals surface area contributed by atoms with Crippen molar-refractivity contribution < 1.29 is 9.84 Å². The molecule has 0 aromatic heterocycles. The van der Waals surface area contributed by atoms with Gasteiger partial charge in [0.15, 0.2) is 0 Å². The monoisotopic (exact) mass is 235 g/mol. The lowest BCUT2D eigenvalue weighted by atomic mass is 9.97. The SMILES string of the molecule is CC1CCC(C(O)C(N)Cc2ccccc2)O1. The fourth-order valence-electron chi connectivity index (χ4n) is 2.37. The van der Waals surface area contributed by atoms with Crippen LogP contribution in [-0.4, -0.2) is 29.5 Å². The minimum Gasteiger partial charge on any atom is -0.389 e. The molecule has 3 N–H and O–H groups in total. The predicted octanol–water partition coefficient (Wildman–Crippen LogP) is 1.48. The summed E-state index contributed by atoms with van der Waals surface area (Å²) in [6.07, 6.45) is 2.20. The summed E-state index contributed by atoms with van der Waals surface area (Å²) in [6, 6.07) is 9.76. The number of nitrogens with two attached hydrogens (primary N) is 1. The van der Waals surface area contributed by atoms with Gasteiger partial charge in [0.05, 0.1) is 18.3 Å². The van der Waals surface area contributed by atoms with E-state index in [9.17, 15) is 5.11 Å². The van der Waals surface area contributed by atoms with Crippen LogP contribution in [0.4, 0.5) is 0 Å². The van der Waals surface area contributed by atoms with Gasteiger partial charge in [0.1, 0.15) is 0 Å². The first-order chi connectivity index (χ1) is 8.16. The summed E-state index contributed by atoms with van der Waals surface area (Å²) in [7, 11) is 0. The second kappa shape index (κ2) is 5.63. The highest BCUT2D eigenvalue weighted by atomic mass is 16.5. The Morgan fingerprint density at radius 2 is 2.06 bits per heavy atom. The van der Waals surface area contributed by atoms with Crippen LogP contribution < -0.4 is 5.73 Å². The minimum atomic E-state index is -0.569. The largest absolute Gasteiger partial charge is 0.389 e. The maximum Gasteiger partial charge on any atom is 0.0955 e. The normalized spacial score (nSPS) is 27.9. The summed E-state index contributed by atoms with van der Waals surface area (Å²) in [4.78, 5) is 0. The summed E-state index contributed by atoms with van der Waals surface area (Å²) in [5, 5.41) is 10.1. The molecule has 1 fully saturated rings. The lowest BCUT2D eigenvalue weighted by Crippen LogP contribution is -2.44. The van der Waals surface area contributed by atoms with Crippen LogP contribution in [0.1, 0.15) is 25.3 Å². The zero-order chi connectivity index (χ0) is 12.3. The molecule has 1 aromatic rings. The third-order valence-corrected chi connectivity index (χ3v) is 3.40. The number of ether oxygens (including phenoxy) is 1. The zero-order valence-electron chi connectivity index (χ0n) is 10.3. The Balaban J connectivity index is 1.89. The van der Waals surface area contributed by atoms with Gasteiger partial charge in [0.2, 0.25) is 0 Å². The van der Waals surface area contributed by atoms with E-state index in [4.69, 9.17) is 10.5 Å². The third kappa shape index (κ3) is 3.28. The van der Waals surface area contributed by atoms with Crippen LogP contribution in [0.3, 0.4) is 0 Å². The first kappa shape index (κ1) is 12.6. The van der Waals surface area contributed by atoms with Crippen LogP contribution in [0.5, 0.6) is 0 Å². The molecule has 4 unspecified atom stereocenters. The Morgan fingerprint density at radius 1 is 1.35 bits per heavy atom. The quantitative estimate of drug-likeness (QED) is 0.831. The molecule has 0 spiro atoms. The molecule has 2 rings (SSSR count). The minimum absolute atomic E-state index is 0.0938. The van der Waals surface area contributed by atoms with Gasteiger partial charge in [-0.2, -0.15) is 0 Å². The second-order valence-corrected chi connectivity index (χ2v) is 4.91. The van der Waals surface area contributed by atoms with Crippen LogP contribution >= 0.6 is 0 Å². The maximum absolute atomic E-state index is 10.1. The molecular weight excluding hydrogens is 214 g/mol. The molecule has 4 atom stereocenters. The Kier molecular flexibility index (Phi) is 4.15. The summed E-state index contributed by atoms with van der Waals surface area (Å²) < 4.78 is 5.65. The van der Waals surface area contributed by atoms with Gasteiger partial charge in [-0.3, -0.25) is 0 Å². The number of rotatable bonds is 4. The fraction of sp³-hybridized carbons (Fsp3) is 0.571. The summed E-state index contributed by atoms with van der Waals surface area (Å²) in [5.41, 5.74) is 7.20. The van der Waals surface area contributed by atoms with Crippen molar-refractivity contribution in [2.45, 2.75) is 50.5 Å².